The number of halogens is 1. The van der Waals surface area contributed by atoms with Gasteiger partial charge in [-0.15, -0.1) is 0 Å². The van der Waals surface area contributed by atoms with E-state index < -0.39 is 5.41 Å². The second-order valence-electron chi connectivity index (χ2n) is 5.14. The molecule has 0 spiro atoms. The molecule has 0 bridgehead atoms. The zero-order chi connectivity index (χ0) is 14.2. The normalized spacial score (nSPS) is 11.8. The highest BCUT2D eigenvalue weighted by Gasteiger charge is 2.28. The van der Waals surface area contributed by atoms with E-state index >= 15 is 0 Å². The molecule has 1 aromatic carbocycles. The van der Waals surface area contributed by atoms with E-state index in [0.29, 0.717) is 16.8 Å². The van der Waals surface area contributed by atoms with Crippen molar-refractivity contribution in [3.63, 3.8) is 0 Å². The van der Waals surface area contributed by atoms with E-state index in [9.17, 15) is 9.18 Å². The van der Waals surface area contributed by atoms with E-state index in [1.165, 1.54) is 12.1 Å². The van der Waals surface area contributed by atoms with Crippen molar-refractivity contribution in [2.75, 3.05) is 7.05 Å². The maximum Gasteiger partial charge on any atom is 0.227 e. The molecule has 4 nitrogen and oxygen atoms in total. The SMILES string of the molecule is CNC(=O)C(C)(C)Cn1c(=S)[nH]c2ccc(F)cc21. The van der Waals surface area contributed by atoms with E-state index in [1.807, 2.05) is 13.8 Å². The molecule has 0 aliphatic heterocycles. The fraction of sp³-hybridized carbons (Fsp3) is 0.385. The first kappa shape index (κ1) is 13.7. The summed E-state index contributed by atoms with van der Waals surface area (Å²) in [6, 6.07) is 4.44. The molecule has 1 amide bonds. The number of fused-ring (bicyclic) bond motifs is 1. The maximum atomic E-state index is 13.3. The molecule has 2 aromatic rings. The highest BCUT2D eigenvalue weighted by molar-refractivity contribution is 7.71. The molecule has 0 radical (unpaired) electrons. The van der Waals surface area contributed by atoms with Crippen molar-refractivity contribution >= 4 is 29.2 Å². The molecule has 2 N–H and O–H groups in total. The van der Waals surface area contributed by atoms with Crippen LogP contribution in [0.3, 0.4) is 0 Å². The van der Waals surface area contributed by atoms with Crippen LogP contribution in [0.4, 0.5) is 4.39 Å². The van der Waals surface area contributed by atoms with Gasteiger partial charge < -0.3 is 14.9 Å². The molecule has 0 saturated heterocycles. The molecule has 1 heterocycles. The number of amides is 1. The zero-order valence-electron chi connectivity index (χ0n) is 11.1. The van der Waals surface area contributed by atoms with Crippen LogP contribution in [0.15, 0.2) is 18.2 Å². The summed E-state index contributed by atoms with van der Waals surface area (Å²) in [5.74, 6) is -0.409. The molecule has 1 aromatic heterocycles. The third kappa shape index (κ3) is 2.53. The van der Waals surface area contributed by atoms with E-state index in [4.69, 9.17) is 12.2 Å². The lowest BCUT2D eigenvalue weighted by Crippen LogP contribution is -2.37. The Balaban J connectivity index is 2.51. The first-order chi connectivity index (χ1) is 8.85. The Morgan fingerprint density at radius 2 is 2.21 bits per heavy atom. The number of carbonyl (C=O) groups is 1. The van der Waals surface area contributed by atoms with Crippen molar-refractivity contribution in [1.82, 2.24) is 14.9 Å². The summed E-state index contributed by atoms with van der Waals surface area (Å²) in [5, 5.41) is 2.63. The summed E-state index contributed by atoms with van der Waals surface area (Å²) in [6.07, 6.45) is 0. The van der Waals surface area contributed by atoms with Gasteiger partial charge in [-0.3, -0.25) is 4.79 Å². The number of rotatable bonds is 3. The van der Waals surface area contributed by atoms with Crippen molar-refractivity contribution in [1.29, 1.82) is 0 Å². The lowest BCUT2D eigenvalue weighted by Gasteiger charge is -2.23. The van der Waals surface area contributed by atoms with Crippen LogP contribution in [-0.4, -0.2) is 22.5 Å². The first-order valence-electron chi connectivity index (χ1n) is 5.95. The van der Waals surface area contributed by atoms with Gasteiger partial charge in [-0.2, -0.15) is 0 Å². The molecule has 0 unspecified atom stereocenters. The molecule has 0 fully saturated rings. The van der Waals surface area contributed by atoms with Crippen LogP contribution in [0, 0.1) is 16.0 Å². The van der Waals surface area contributed by atoms with Crippen molar-refractivity contribution in [3.05, 3.63) is 28.8 Å². The van der Waals surface area contributed by atoms with Crippen LogP contribution < -0.4 is 5.32 Å². The first-order valence-corrected chi connectivity index (χ1v) is 6.36. The van der Waals surface area contributed by atoms with Crippen LogP contribution >= 0.6 is 12.2 Å². The van der Waals surface area contributed by atoms with E-state index in [2.05, 4.69) is 10.3 Å². The van der Waals surface area contributed by atoms with E-state index in [0.717, 1.165) is 5.52 Å². The van der Waals surface area contributed by atoms with Gasteiger partial charge in [-0.25, -0.2) is 4.39 Å². The fourth-order valence-corrected chi connectivity index (χ4v) is 2.36. The number of aromatic amines is 1. The highest BCUT2D eigenvalue weighted by atomic mass is 32.1. The number of imidazole rings is 1. The Hall–Kier alpha value is -1.69. The van der Waals surface area contributed by atoms with Gasteiger partial charge in [0.2, 0.25) is 5.91 Å². The number of nitrogens with one attached hydrogen (secondary N) is 2. The van der Waals surface area contributed by atoms with Gasteiger partial charge in [0.05, 0.1) is 16.4 Å². The standard InChI is InChI=1S/C13H16FN3OS/c1-13(2,11(18)15-3)7-17-10-6-8(14)4-5-9(10)16-12(17)19/h4-6H,7H2,1-3H3,(H,15,18)(H,16,19). The van der Waals surface area contributed by atoms with Crippen LogP contribution in [0.1, 0.15) is 13.8 Å². The van der Waals surface area contributed by atoms with Crippen molar-refractivity contribution in [2.45, 2.75) is 20.4 Å². The Morgan fingerprint density at radius 1 is 1.53 bits per heavy atom. The monoisotopic (exact) mass is 281 g/mol. The van der Waals surface area contributed by atoms with E-state index in [1.54, 1.807) is 17.7 Å². The topological polar surface area (TPSA) is 49.8 Å². The summed E-state index contributed by atoms with van der Waals surface area (Å²) in [4.78, 5) is 14.8. The van der Waals surface area contributed by atoms with Gasteiger partial charge in [-0.05, 0) is 44.3 Å². The van der Waals surface area contributed by atoms with Crippen LogP contribution in [0.5, 0.6) is 0 Å². The van der Waals surface area contributed by atoms with Gasteiger partial charge in [0.15, 0.2) is 4.77 Å². The molecule has 0 aliphatic rings. The van der Waals surface area contributed by atoms with E-state index in [-0.39, 0.29) is 11.7 Å². The summed E-state index contributed by atoms with van der Waals surface area (Å²) < 4.78 is 15.6. The van der Waals surface area contributed by atoms with Crippen LogP contribution in [0.2, 0.25) is 0 Å². The third-order valence-corrected chi connectivity index (χ3v) is 3.45. The number of benzene rings is 1. The average molecular weight is 281 g/mol. The molecule has 0 saturated carbocycles. The number of nitrogens with zero attached hydrogens (tertiary/aromatic N) is 1. The molecule has 102 valence electrons. The molecular formula is C13H16FN3OS. The lowest BCUT2D eigenvalue weighted by molar-refractivity contribution is -0.129. The van der Waals surface area contributed by atoms with Crippen molar-refractivity contribution < 1.29 is 9.18 Å². The number of carbonyl (C=O) groups excluding carboxylic acids is 1. The lowest BCUT2D eigenvalue weighted by atomic mass is 9.92. The second-order valence-corrected chi connectivity index (χ2v) is 5.53. The minimum absolute atomic E-state index is 0.0832. The summed E-state index contributed by atoms with van der Waals surface area (Å²) in [5.41, 5.74) is 0.801. The molecule has 19 heavy (non-hydrogen) atoms. The molecule has 0 atom stereocenters. The second kappa shape index (κ2) is 4.77. The van der Waals surface area contributed by atoms with Gasteiger partial charge in [0.25, 0.3) is 0 Å². The molecular weight excluding hydrogens is 265 g/mol. The Labute approximate surface area is 115 Å². The molecule has 0 aliphatic carbocycles. The minimum Gasteiger partial charge on any atom is -0.359 e. The van der Waals surface area contributed by atoms with Gasteiger partial charge in [-0.1, -0.05) is 0 Å². The smallest absolute Gasteiger partial charge is 0.227 e. The van der Waals surface area contributed by atoms with Crippen LogP contribution in [0.25, 0.3) is 11.0 Å². The predicted molar refractivity (Wildman–Crippen MR) is 74.9 cm³/mol. The highest BCUT2D eigenvalue weighted by Crippen LogP contribution is 2.23. The number of hydrogen-bond acceptors (Lipinski definition) is 2. The predicted octanol–water partition coefficient (Wildman–Crippen LogP) is 2.61. The summed E-state index contributed by atoms with van der Waals surface area (Å²) >= 11 is 5.24. The van der Waals surface area contributed by atoms with Crippen molar-refractivity contribution in [3.8, 4) is 0 Å². The Bertz CT molecular complexity index is 687. The zero-order valence-corrected chi connectivity index (χ0v) is 11.9. The number of aromatic nitrogens is 2. The molecule has 2 rings (SSSR count). The largest absolute Gasteiger partial charge is 0.359 e. The number of H-pyrrole nitrogens is 1. The Morgan fingerprint density at radius 3 is 2.84 bits per heavy atom. The molecule has 6 heteroatoms. The fourth-order valence-electron chi connectivity index (χ4n) is 2.09. The average Bonchev–Trinajstić information content (AvgIpc) is 2.64. The van der Waals surface area contributed by atoms with Gasteiger partial charge in [0.1, 0.15) is 5.82 Å². The van der Waals surface area contributed by atoms with Crippen LogP contribution in [-0.2, 0) is 11.3 Å². The Kier molecular flexibility index (Phi) is 3.45. The third-order valence-electron chi connectivity index (χ3n) is 3.13. The summed E-state index contributed by atoms with van der Waals surface area (Å²) in [7, 11) is 1.60. The quantitative estimate of drug-likeness (QED) is 0.850. The van der Waals surface area contributed by atoms with Gasteiger partial charge in [0, 0.05) is 13.6 Å². The minimum atomic E-state index is -0.631. The number of hydrogen-bond donors (Lipinski definition) is 2. The summed E-state index contributed by atoms with van der Waals surface area (Å²) in [6.45, 7) is 4.03. The maximum absolute atomic E-state index is 13.3. The van der Waals surface area contributed by atoms with Gasteiger partial charge >= 0.3 is 0 Å². The van der Waals surface area contributed by atoms with Crippen molar-refractivity contribution in [2.24, 2.45) is 5.41 Å².